The van der Waals surface area contributed by atoms with Gasteiger partial charge in [0.1, 0.15) is 0 Å². The largest absolute Gasteiger partial charge is 0.459 e. The number of amides is 3. The van der Waals surface area contributed by atoms with Crippen LogP contribution in [-0.2, 0) is 4.79 Å². The summed E-state index contributed by atoms with van der Waals surface area (Å²) in [7, 11) is 0. The number of nitrogens with one attached hydrogen (secondary N) is 4. The lowest BCUT2D eigenvalue weighted by Gasteiger charge is -2.10. The Balaban J connectivity index is 1.51. The van der Waals surface area contributed by atoms with Crippen molar-refractivity contribution in [2.24, 2.45) is 0 Å². The summed E-state index contributed by atoms with van der Waals surface area (Å²) in [6.07, 6.45) is 1.42. The molecule has 0 bridgehead atoms. The number of benzene rings is 2. The number of furan rings is 1. The fourth-order valence-corrected chi connectivity index (χ4v) is 2.66. The molecule has 8 heteroatoms. The molecule has 0 aliphatic carbocycles. The number of hydrogen-bond acceptors (Lipinski definition) is 5. The van der Waals surface area contributed by atoms with Gasteiger partial charge in [-0.05, 0) is 61.5 Å². The molecule has 3 amide bonds. The lowest BCUT2D eigenvalue weighted by atomic mass is 10.2. The topological polar surface area (TPSA) is 112 Å². The predicted molar refractivity (Wildman–Crippen MR) is 115 cm³/mol. The second-order valence-electron chi connectivity index (χ2n) is 6.35. The Kier molecular flexibility index (Phi) is 6.83. The minimum absolute atomic E-state index is 0.0451. The SMILES string of the molecule is CCNC(=O)c1ccc(NCC(=O)Nc2cccc(NC(=O)c3ccco3)c2)cc1. The number of rotatable bonds is 8. The van der Waals surface area contributed by atoms with Crippen LogP contribution in [0.4, 0.5) is 17.1 Å². The molecule has 4 N–H and O–H groups in total. The molecule has 154 valence electrons. The minimum atomic E-state index is -0.374. The fourth-order valence-electron chi connectivity index (χ4n) is 2.66. The third-order valence-electron chi connectivity index (χ3n) is 4.09. The maximum absolute atomic E-state index is 12.2. The number of anilines is 3. The van der Waals surface area contributed by atoms with Gasteiger partial charge in [-0.3, -0.25) is 14.4 Å². The average Bonchev–Trinajstić information content (AvgIpc) is 3.28. The van der Waals surface area contributed by atoms with Gasteiger partial charge in [0.15, 0.2) is 5.76 Å². The van der Waals surface area contributed by atoms with E-state index in [9.17, 15) is 14.4 Å². The first-order chi connectivity index (χ1) is 14.5. The summed E-state index contributed by atoms with van der Waals surface area (Å²) in [6, 6.07) is 16.9. The molecule has 3 aromatic rings. The van der Waals surface area contributed by atoms with E-state index in [0.717, 1.165) is 5.69 Å². The Hall–Kier alpha value is -4.07. The maximum Gasteiger partial charge on any atom is 0.291 e. The number of carbonyl (C=O) groups is 3. The third kappa shape index (κ3) is 5.71. The highest BCUT2D eigenvalue weighted by atomic mass is 16.3. The maximum atomic E-state index is 12.2. The van der Waals surface area contributed by atoms with Crippen molar-refractivity contribution >= 4 is 34.8 Å². The van der Waals surface area contributed by atoms with E-state index in [1.165, 1.54) is 6.26 Å². The van der Waals surface area contributed by atoms with Crippen molar-refractivity contribution in [3.8, 4) is 0 Å². The van der Waals surface area contributed by atoms with Crippen molar-refractivity contribution in [3.05, 3.63) is 78.3 Å². The highest BCUT2D eigenvalue weighted by Crippen LogP contribution is 2.16. The molecule has 0 saturated carbocycles. The van der Waals surface area contributed by atoms with Crippen LogP contribution in [-0.4, -0.2) is 30.8 Å². The first kappa shape index (κ1) is 20.7. The number of hydrogen-bond donors (Lipinski definition) is 4. The van der Waals surface area contributed by atoms with E-state index in [0.29, 0.717) is 23.5 Å². The second kappa shape index (κ2) is 9.92. The Labute approximate surface area is 173 Å². The van der Waals surface area contributed by atoms with Crippen LogP contribution in [0.15, 0.2) is 71.3 Å². The molecule has 1 aromatic heterocycles. The van der Waals surface area contributed by atoms with Crippen LogP contribution in [0.5, 0.6) is 0 Å². The zero-order valence-electron chi connectivity index (χ0n) is 16.4. The van der Waals surface area contributed by atoms with E-state index in [2.05, 4.69) is 21.3 Å². The first-order valence-corrected chi connectivity index (χ1v) is 9.42. The van der Waals surface area contributed by atoms with Crippen LogP contribution < -0.4 is 21.3 Å². The second-order valence-corrected chi connectivity index (χ2v) is 6.35. The summed E-state index contributed by atoms with van der Waals surface area (Å²) in [6.45, 7) is 2.46. The molecule has 0 atom stereocenters. The Morgan fingerprint density at radius 2 is 1.57 bits per heavy atom. The summed E-state index contributed by atoms with van der Waals surface area (Å²) in [5.41, 5.74) is 2.35. The predicted octanol–water partition coefficient (Wildman–Crippen LogP) is 3.33. The molecule has 0 unspecified atom stereocenters. The van der Waals surface area contributed by atoms with Crippen molar-refractivity contribution in [2.45, 2.75) is 6.92 Å². The van der Waals surface area contributed by atoms with Gasteiger partial charge < -0.3 is 25.7 Å². The summed E-state index contributed by atoms with van der Waals surface area (Å²) in [5, 5.41) is 11.2. The van der Waals surface area contributed by atoms with Gasteiger partial charge in [0, 0.05) is 29.2 Å². The zero-order valence-corrected chi connectivity index (χ0v) is 16.4. The fraction of sp³-hybridized carbons (Fsp3) is 0.136. The Bertz CT molecular complexity index is 1010. The first-order valence-electron chi connectivity index (χ1n) is 9.42. The van der Waals surface area contributed by atoms with Crippen LogP contribution in [0.25, 0.3) is 0 Å². The van der Waals surface area contributed by atoms with Crippen molar-refractivity contribution in [2.75, 3.05) is 29.0 Å². The van der Waals surface area contributed by atoms with Gasteiger partial charge in [-0.15, -0.1) is 0 Å². The van der Waals surface area contributed by atoms with Crippen LogP contribution in [0, 0.1) is 0 Å². The average molecular weight is 406 g/mol. The van der Waals surface area contributed by atoms with E-state index < -0.39 is 0 Å². The van der Waals surface area contributed by atoms with Crippen molar-refractivity contribution in [3.63, 3.8) is 0 Å². The summed E-state index contributed by atoms with van der Waals surface area (Å²) in [4.78, 5) is 36.0. The van der Waals surface area contributed by atoms with Gasteiger partial charge in [0.25, 0.3) is 11.8 Å². The zero-order chi connectivity index (χ0) is 21.3. The van der Waals surface area contributed by atoms with Crippen LogP contribution in [0.3, 0.4) is 0 Å². The summed E-state index contributed by atoms with van der Waals surface area (Å²) >= 11 is 0. The van der Waals surface area contributed by atoms with E-state index in [1.54, 1.807) is 60.7 Å². The molecule has 0 fully saturated rings. The van der Waals surface area contributed by atoms with E-state index in [1.807, 2.05) is 6.92 Å². The normalized spacial score (nSPS) is 10.2. The molecule has 8 nitrogen and oxygen atoms in total. The molecular formula is C22H22N4O4. The third-order valence-corrected chi connectivity index (χ3v) is 4.09. The van der Waals surface area contributed by atoms with E-state index in [4.69, 9.17) is 4.42 Å². The summed E-state index contributed by atoms with van der Waals surface area (Å²) in [5.74, 6) is -0.564. The van der Waals surface area contributed by atoms with Crippen LogP contribution in [0.2, 0.25) is 0 Å². The minimum Gasteiger partial charge on any atom is -0.459 e. The van der Waals surface area contributed by atoms with E-state index in [-0.39, 0.29) is 30.0 Å². The lowest BCUT2D eigenvalue weighted by Crippen LogP contribution is -2.23. The smallest absolute Gasteiger partial charge is 0.291 e. The molecule has 0 aliphatic heterocycles. The molecular weight excluding hydrogens is 384 g/mol. The van der Waals surface area contributed by atoms with Crippen molar-refractivity contribution < 1.29 is 18.8 Å². The molecule has 0 spiro atoms. The van der Waals surface area contributed by atoms with Crippen LogP contribution in [0.1, 0.15) is 27.8 Å². The van der Waals surface area contributed by atoms with Gasteiger partial charge in [0.05, 0.1) is 12.8 Å². The Morgan fingerprint density at radius 3 is 2.23 bits per heavy atom. The molecule has 0 saturated heterocycles. The highest BCUT2D eigenvalue weighted by molar-refractivity contribution is 6.03. The highest BCUT2D eigenvalue weighted by Gasteiger charge is 2.10. The van der Waals surface area contributed by atoms with Crippen molar-refractivity contribution in [1.82, 2.24) is 5.32 Å². The standard InChI is InChI=1S/C22H22N4O4/c1-2-23-21(28)15-8-10-16(11-9-15)24-14-20(27)25-17-5-3-6-18(13-17)26-22(29)19-7-4-12-30-19/h3-13,24H,2,14H2,1H3,(H,23,28)(H,25,27)(H,26,29). The quantitative estimate of drug-likeness (QED) is 0.458. The van der Waals surface area contributed by atoms with Gasteiger partial charge in [0.2, 0.25) is 5.91 Å². The van der Waals surface area contributed by atoms with Gasteiger partial charge in [-0.1, -0.05) is 6.07 Å². The lowest BCUT2D eigenvalue weighted by molar-refractivity contribution is -0.114. The van der Waals surface area contributed by atoms with Gasteiger partial charge >= 0.3 is 0 Å². The molecule has 0 radical (unpaired) electrons. The van der Waals surface area contributed by atoms with Gasteiger partial charge in [-0.2, -0.15) is 0 Å². The number of carbonyl (C=O) groups excluding carboxylic acids is 3. The Morgan fingerprint density at radius 1 is 0.833 bits per heavy atom. The molecule has 1 heterocycles. The molecule has 2 aromatic carbocycles. The monoisotopic (exact) mass is 406 g/mol. The molecule has 3 rings (SSSR count). The van der Waals surface area contributed by atoms with Crippen LogP contribution >= 0.6 is 0 Å². The van der Waals surface area contributed by atoms with E-state index >= 15 is 0 Å². The van der Waals surface area contributed by atoms with Crippen molar-refractivity contribution in [1.29, 1.82) is 0 Å². The summed E-state index contributed by atoms with van der Waals surface area (Å²) < 4.78 is 5.06. The molecule has 30 heavy (non-hydrogen) atoms. The molecule has 0 aliphatic rings. The van der Waals surface area contributed by atoms with Gasteiger partial charge in [-0.25, -0.2) is 0 Å².